The van der Waals surface area contributed by atoms with Crippen LogP contribution in [0.25, 0.3) is 11.0 Å². The number of carbonyl (C=O) groups is 1. The van der Waals surface area contributed by atoms with E-state index >= 15 is 0 Å². The van der Waals surface area contributed by atoms with Crippen molar-refractivity contribution in [3.05, 3.63) is 78.0 Å². The molecular weight excluding hydrogens is 503 g/mol. The Hall–Kier alpha value is -1.86. The molecule has 3 aromatic rings. The topological polar surface area (TPSA) is 53.8 Å². The molecule has 0 saturated carbocycles. The fraction of sp³-hybridized carbons (Fsp3) is 0.304. The monoisotopic (exact) mass is 522 g/mol. The van der Waals surface area contributed by atoms with Crippen molar-refractivity contribution >= 4 is 56.0 Å². The summed E-state index contributed by atoms with van der Waals surface area (Å²) in [5, 5.41) is 1.22. The van der Waals surface area contributed by atoms with Crippen LogP contribution in [-0.4, -0.2) is 41.9 Å². The fourth-order valence-corrected chi connectivity index (χ4v) is 4.71. The zero-order valence-electron chi connectivity index (χ0n) is 17.1. The van der Waals surface area contributed by atoms with Gasteiger partial charge in [-0.2, -0.15) is 0 Å². The van der Waals surface area contributed by atoms with Gasteiger partial charge < -0.3 is 14.2 Å². The summed E-state index contributed by atoms with van der Waals surface area (Å²) in [6.07, 6.45) is 0. The van der Waals surface area contributed by atoms with E-state index in [1.165, 1.54) is 0 Å². The average Bonchev–Trinajstić information content (AvgIpc) is 3.03. The molecular formula is C23H21BrCl2N2O3. The number of halogens is 3. The lowest BCUT2D eigenvalue weighted by atomic mass is 9.98. The molecule has 2 heterocycles. The molecule has 1 aliphatic heterocycles. The third-order valence-corrected chi connectivity index (χ3v) is 6.97. The zero-order chi connectivity index (χ0) is 22.3. The summed E-state index contributed by atoms with van der Waals surface area (Å²) in [6.45, 7) is 7.04. The van der Waals surface area contributed by atoms with Gasteiger partial charge in [0.2, 0.25) is 5.76 Å². The summed E-state index contributed by atoms with van der Waals surface area (Å²) < 4.78 is 6.73. The summed E-state index contributed by atoms with van der Waals surface area (Å²) in [5.74, 6) is -0.199. The maximum absolute atomic E-state index is 13.5. The standard InChI is InChI=1S/C23H21BrCl2N2O3/c1-3-27(4-2)9-10-28-20(13-5-7-16(25)17(26)11-13)19-21(29)15-12-14(24)6-8-18(15)31-22(19)23(28)30/h5-8,11-12,20H,3-4,9-10H2,1-2H3. The molecule has 162 valence electrons. The van der Waals surface area contributed by atoms with Crippen LogP contribution in [0.4, 0.5) is 0 Å². The predicted octanol–water partition coefficient (Wildman–Crippen LogP) is 5.75. The minimum absolute atomic E-state index is 0.0930. The van der Waals surface area contributed by atoms with Crippen molar-refractivity contribution in [2.75, 3.05) is 26.2 Å². The molecule has 0 radical (unpaired) electrons. The molecule has 0 fully saturated rings. The number of benzene rings is 2. The van der Waals surface area contributed by atoms with E-state index in [9.17, 15) is 9.59 Å². The highest BCUT2D eigenvalue weighted by Gasteiger charge is 2.42. The van der Waals surface area contributed by atoms with Gasteiger partial charge in [0, 0.05) is 17.6 Å². The second-order valence-electron chi connectivity index (χ2n) is 7.42. The van der Waals surface area contributed by atoms with Gasteiger partial charge in [0.25, 0.3) is 5.91 Å². The van der Waals surface area contributed by atoms with Crippen molar-refractivity contribution < 1.29 is 9.21 Å². The number of nitrogens with zero attached hydrogens (tertiary/aromatic N) is 2. The van der Waals surface area contributed by atoms with Crippen LogP contribution < -0.4 is 5.43 Å². The molecule has 1 unspecified atom stereocenters. The Morgan fingerprint density at radius 3 is 2.48 bits per heavy atom. The molecule has 4 rings (SSSR count). The van der Waals surface area contributed by atoms with E-state index < -0.39 is 6.04 Å². The normalized spacial score (nSPS) is 15.9. The number of fused-ring (bicyclic) bond motifs is 2. The zero-order valence-corrected chi connectivity index (χ0v) is 20.2. The average molecular weight is 524 g/mol. The highest BCUT2D eigenvalue weighted by atomic mass is 79.9. The van der Waals surface area contributed by atoms with Crippen molar-refractivity contribution in [3.63, 3.8) is 0 Å². The van der Waals surface area contributed by atoms with Crippen LogP contribution in [-0.2, 0) is 0 Å². The Labute approximate surface area is 198 Å². The Morgan fingerprint density at radius 1 is 1.06 bits per heavy atom. The first-order valence-electron chi connectivity index (χ1n) is 10.1. The van der Waals surface area contributed by atoms with Crippen LogP contribution in [0.15, 0.2) is 50.1 Å². The second kappa shape index (κ2) is 8.94. The lowest BCUT2D eigenvalue weighted by Gasteiger charge is -2.28. The summed E-state index contributed by atoms with van der Waals surface area (Å²) in [6, 6.07) is 9.81. The van der Waals surface area contributed by atoms with E-state index in [2.05, 4.69) is 34.7 Å². The summed E-state index contributed by atoms with van der Waals surface area (Å²) in [4.78, 5) is 30.8. The SMILES string of the molecule is CCN(CC)CCN1C(=O)c2oc3ccc(Br)cc3c(=O)c2C1c1ccc(Cl)c(Cl)c1. The fourth-order valence-electron chi connectivity index (χ4n) is 4.04. The van der Waals surface area contributed by atoms with Gasteiger partial charge in [-0.25, -0.2) is 0 Å². The molecule has 5 nitrogen and oxygen atoms in total. The molecule has 1 aromatic heterocycles. The molecule has 0 bridgehead atoms. The van der Waals surface area contributed by atoms with Crippen LogP contribution in [0.5, 0.6) is 0 Å². The first-order valence-corrected chi connectivity index (χ1v) is 11.6. The molecule has 0 N–H and O–H groups in total. The summed E-state index contributed by atoms with van der Waals surface area (Å²) >= 11 is 15.8. The van der Waals surface area contributed by atoms with Crippen LogP contribution in [0, 0.1) is 0 Å². The van der Waals surface area contributed by atoms with Crippen molar-refractivity contribution in [3.8, 4) is 0 Å². The molecule has 0 saturated heterocycles. The molecule has 1 atom stereocenters. The van der Waals surface area contributed by atoms with Gasteiger partial charge in [0.05, 0.1) is 27.0 Å². The van der Waals surface area contributed by atoms with Crippen molar-refractivity contribution in [2.24, 2.45) is 0 Å². The molecule has 31 heavy (non-hydrogen) atoms. The Kier molecular flexibility index (Phi) is 6.44. The minimum Gasteiger partial charge on any atom is -0.450 e. The first kappa shape index (κ1) is 22.3. The number of rotatable bonds is 6. The smallest absolute Gasteiger partial charge is 0.290 e. The van der Waals surface area contributed by atoms with E-state index in [0.717, 1.165) is 23.1 Å². The summed E-state index contributed by atoms with van der Waals surface area (Å²) in [5.41, 5.74) is 1.24. The largest absolute Gasteiger partial charge is 0.450 e. The lowest BCUT2D eigenvalue weighted by Crippen LogP contribution is -2.37. The third kappa shape index (κ3) is 4.02. The van der Waals surface area contributed by atoms with Crippen LogP contribution in [0.1, 0.15) is 41.6 Å². The Bertz CT molecular complexity index is 1220. The van der Waals surface area contributed by atoms with Crippen molar-refractivity contribution in [1.29, 1.82) is 0 Å². The molecule has 0 aliphatic carbocycles. The molecule has 8 heteroatoms. The predicted molar refractivity (Wildman–Crippen MR) is 127 cm³/mol. The van der Waals surface area contributed by atoms with E-state index in [1.54, 1.807) is 41.3 Å². The number of hydrogen-bond acceptors (Lipinski definition) is 4. The molecule has 2 aromatic carbocycles. The maximum Gasteiger partial charge on any atom is 0.290 e. The molecule has 0 spiro atoms. The highest BCUT2D eigenvalue weighted by Crippen LogP contribution is 2.39. The number of hydrogen-bond donors (Lipinski definition) is 0. The van der Waals surface area contributed by atoms with Gasteiger partial charge in [-0.05, 0) is 49.0 Å². The van der Waals surface area contributed by atoms with Crippen molar-refractivity contribution in [1.82, 2.24) is 9.80 Å². The quantitative estimate of drug-likeness (QED) is 0.413. The minimum atomic E-state index is -0.590. The van der Waals surface area contributed by atoms with Crippen LogP contribution in [0.2, 0.25) is 10.0 Å². The van der Waals surface area contributed by atoms with Gasteiger partial charge >= 0.3 is 0 Å². The number of amides is 1. The van der Waals surface area contributed by atoms with Gasteiger partial charge in [0.1, 0.15) is 5.58 Å². The Morgan fingerprint density at radius 2 is 1.81 bits per heavy atom. The number of carbonyl (C=O) groups excluding carboxylic acids is 1. The third-order valence-electron chi connectivity index (χ3n) is 5.74. The lowest BCUT2D eigenvalue weighted by molar-refractivity contribution is 0.0708. The Balaban J connectivity index is 1.90. The highest BCUT2D eigenvalue weighted by molar-refractivity contribution is 9.10. The van der Waals surface area contributed by atoms with Gasteiger partial charge in [-0.3, -0.25) is 9.59 Å². The van der Waals surface area contributed by atoms with E-state index in [4.69, 9.17) is 27.6 Å². The number of likely N-dealkylation sites (N-methyl/N-ethyl adjacent to an activating group) is 1. The molecule has 1 amide bonds. The maximum atomic E-state index is 13.5. The van der Waals surface area contributed by atoms with Crippen LogP contribution >= 0.6 is 39.1 Å². The van der Waals surface area contributed by atoms with Crippen molar-refractivity contribution in [2.45, 2.75) is 19.9 Å². The first-order chi connectivity index (χ1) is 14.8. The van der Waals surface area contributed by atoms with Gasteiger partial charge in [-0.1, -0.05) is 59.0 Å². The van der Waals surface area contributed by atoms with E-state index in [-0.39, 0.29) is 17.1 Å². The van der Waals surface area contributed by atoms with E-state index in [1.807, 2.05) is 0 Å². The second-order valence-corrected chi connectivity index (χ2v) is 9.15. The summed E-state index contributed by atoms with van der Waals surface area (Å²) in [7, 11) is 0. The molecule has 1 aliphatic rings. The van der Waals surface area contributed by atoms with Gasteiger partial charge in [-0.15, -0.1) is 0 Å². The van der Waals surface area contributed by atoms with Gasteiger partial charge in [0.15, 0.2) is 5.43 Å². The van der Waals surface area contributed by atoms with Crippen LogP contribution in [0.3, 0.4) is 0 Å². The van der Waals surface area contributed by atoms with E-state index in [0.29, 0.717) is 39.7 Å².